The Kier molecular flexibility index (Phi) is 5.42. The zero-order valence-corrected chi connectivity index (χ0v) is 12.0. The zero-order valence-electron chi connectivity index (χ0n) is 12.0. The molecule has 0 saturated carbocycles. The second-order valence-corrected chi connectivity index (χ2v) is 5.41. The average Bonchev–Trinajstić information content (AvgIpc) is 2.35. The van der Waals surface area contributed by atoms with E-state index < -0.39 is 0 Å². The molecule has 100 valence electrons. The van der Waals surface area contributed by atoms with E-state index >= 15 is 0 Å². The molecular formula is C16H25NO. The quantitative estimate of drug-likeness (QED) is 0.778. The predicted octanol–water partition coefficient (Wildman–Crippen LogP) is 3.43. The number of anilines is 1. The van der Waals surface area contributed by atoms with Crippen molar-refractivity contribution in [3.63, 3.8) is 0 Å². The third-order valence-electron chi connectivity index (χ3n) is 3.36. The lowest BCUT2D eigenvalue weighted by molar-refractivity contribution is 0.226. The number of benzene rings is 1. The number of aliphatic hydroxyl groups is 1. The molecule has 0 aliphatic heterocycles. The first kappa shape index (κ1) is 14.8. The van der Waals surface area contributed by atoms with Crippen molar-refractivity contribution >= 4 is 5.69 Å². The van der Waals surface area contributed by atoms with E-state index in [1.165, 1.54) is 11.3 Å². The van der Waals surface area contributed by atoms with Crippen LogP contribution >= 0.6 is 0 Å². The molecule has 0 radical (unpaired) electrons. The average molecular weight is 247 g/mol. The summed E-state index contributed by atoms with van der Waals surface area (Å²) in [6, 6.07) is 8.60. The fourth-order valence-corrected chi connectivity index (χ4v) is 2.10. The summed E-state index contributed by atoms with van der Waals surface area (Å²) in [6.45, 7) is 8.46. The van der Waals surface area contributed by atoms with E-state index in [2.05, 4.69) is 49.6 Å². The molecule has 0 aromatic heterocycles. The second kappa shape index (κ2) is 6.60. The van der Waals surface area contributed by atoms with Crippen molar-refractivity contribution in [2.24, 2.45) is 5.92 Å². The minimum atomic E-state index is 0.236. The third-order valence-corrected chi connectivity index (χ3v) is 3.36. The van der Waals surface area contributed by atoms with Crippen LogP contribution in [0.3, 0.4) is 0 Å². The molecule has 2 atom stereocenters. The van der Waals surface area contributed by atoms with Crippen LogP contribution in [0.5, 0.6) is 0 Å². The molecule has 0 heterocycles. The SMILES string of the molecule is C=C(C)[C@H](CC(C)CO)c1ccc(N(C)C)cc1. The number of rotatable bonds is 6. The van der Waals surface area contributed by atoms with Gasteiger partial charge < -0.3 is 10.0 Å². The van der Waals surface area contributed by atoms with Gasteiger partial charge in [0, 0.05) is 32.3 Å². The Balaban J connectivity index is 2.89. The minimum Gasteiger partial charge on any atom is -0.396 e. The predicted molar refractivity (Wildman–Crippen MR) is 79.2 cm³/mol. The maximum Gasteiger partial charge on any atom is 0.0456 e. The normalized spacial score (nSPS) is 14.1. The van der Waals surface area contributed by atoms with Crippen molar-refractivity contribution in [1.29, 1.82) is 0 Å². The molecule has 0 spiro atoms. The summed E-state index contributed by atoms with van der Waals surface area (Å²) in [7, 11) is 4.08. The number of hydrogen-bond donors (Lipinski definition) is 1. The highest BCUT2D eigenvalue weighted by atomic mass is 16.3. The van der Waals surface area contributed by atoms with Crippen molar-refractivity contribution in [2.75, 3.05) is 25.6 Å². The molecule has 1 aromatic rings. The zero-order chi connectivity index (χ0) is 13.7. The summed E-state index contributed by atoms with van der Waals surface area (Å²) in [6.07, 6.45) is 0.952. The van der Waals surface area contributed by atoms with Gasteiger partial charge in [0.05, 0.1) is 0 Å². The van der Waals surface area contributed by atoms with E-state index in [1.807, 2.05) is 14.1 Å². The van der Waals surface area contributed by atoms with Crippen molar-refractivity contribution < 1.29 is 5.11 Å². The van der Waals surface area contributed by atoms with Crippen LogP contribution in [0.15, 0.2) is 36.4 Å². The molecule has 2 nitrogen and oxygen atoms in total. The molecule has 1 rings (SSSR count). The van der Waals surface area contributed by atoms with E-state index in [9.17, 15) is 5.11 Å². The fraction of sp³-hybridized carbons (Fsp3) is 0.500. The number of nitrogens with zero attached hydrogens (tertiary/aromatic N) is 1. The highest BCUT2D eigenvalue weighted by molar-refractivity contribution is 5.47. The summed E-state index contributed by atoms with van der Waals surface area (Å²) >= 11 is 0. The highest BCUT2D eigenvalue weighted by Gasteiger charge is 2.15. The van der Waals surface area contributed by atoms with E-state index in [0.29, 0.717) is 11.8 Å². The summed E-state index contributed by atoms with van der Waals surface area (Å²) in [5, 5.41) is 9.19. The van der Waals surface area contributed by atoms with E-state index in [4.69, 9.17) is 0 Å². The Morgan fingerprint density at radius 1 is 1.28 bits per heavy atom. The van der Waals surface area contributed by atoms with Crippen LogP contribution in [-0.2, 0) is 0 Å². The Hall–Kier alpha value is -1.28. The van der Waals surface area contributed by atoms with E-state index in [1.54, 1.807) is 0 Å². The Labute approximate surface area is 111 Å². The van der Waals surface area contributed by atoms with Crippen LogP contribution in [0.2, 0.25) is 0 Å². The lowest BCUT2D eigenvalue weighted by atomic mass is 9.85. The topological polar surface area (TPSA) is 23.5 Å². The van der Waals surface area contributed by atoms with Gasteiger partial charge in [-0.3, -0.25) is 0 Å². The van der Waals surface area contributed by atoms with Crippen LogP contribution in [0, 0.1) is 5.92 Å². The molecule has 0 saturated heterocycles. The lowest BCUT2D eigenvalue weighted by Gasteiger charge is -2.22. The third kappa shape index (κ3) is 3.88. The number of aliphatic hydroxyl groups excluding tert-OH is 1. The van der Waals surface area contributed by atoms with Crippen LogP contribution in [-0.4, -0.2) is 25.8 Å². The molecule has 0 aliphatic rings. The highest BCUT2D eigenvalue weighted by Crippen LogP contribution is 2.30. The van der Waals surface area contributed by atoms with Crippen LogP contribution in [0.1, 0.15) is 31.7 Å². The van der Waals surface area contributed by atoms with Gasteiger partial charge in [-0.1, -0.05) is 31.2 Å². The first-order chi connectivity index (χ1) is 8.45. The molecule has 1 N–H and O–H groups in total. The van der Waals surface area contributed by atoms with Gasteiger partial charge in [-0.2, -0.15) is 0 Å². The first-order valence-corrected chi connectivity index (χ1v) is 6.49. The first-order valence-electron chi connectivity index (χ1n) is 6.49. The summed E-state index contributed by atoms with van der Waals surface area (Å²) in [4.78, 5) is 2.09. The van der Waals surface area contributed by atoms with E-state index in [-0.39, 0.29) is 6.61 Å². The fourth-order valence-electron chi connectivity index (χ4n) is 2.10. The molecule has 0 amide bonds. The summed E-state index contributed by atoms with van der Waals surface area (Å²) in [5.74, 6) is 0.642. The van der Waals surface area contributed by atoms with Gasteiger partial charge in [-0.05, 0) is 37.0 Å². The molecule has 0 bridgehead atoms. The van der Waals surface area contributed by atoms with Gasteiger partial charge in [0.1, 0.15) is 0 Å². The Morgan fingerprint density at radius 2 is 1.83 bits per heavy atom. The van der Waals surface area contributed by atoms with Crippen LogP contribution < -0.4 is 4.90 Å². The standard InChI is InChI=1S/C16H25NO/c1-12(2)16(10-13(3)11-18)14-6-8-15(9-7-14)17(4)5/h6-9,13,16,18H,1,10-11H2,2-5H3/t13?,16-/m0/s1. The largest absolute Gasteiger partial charge is 0.396 e. The molecule has 0 fully saturated rings. The van der Waals surface area contributed by atoms with Gasteiger partial charge in [0.15, 0.2) is 0 Å². The Bertz CT molecular complexity index is 381. The molecule has 1 unspecified atom stereocenters. The molecule has 2 heteroatoms. The monoisotopic (exact) mass is 247 g/mol. The second-order valence-electron chi connectivity index (χ2n) is 5.41. The molecule has 0 aliphatic carbocycles. The molecular weight excluding hydrogens is 222 g/mol. The van der Waals surface area contributed by atoms with Gasteiger partial charge in [0.2, 0.25) is 0 Å². The lowest BCUT2D eigenvalue weighted by Crippen LogP contribution is -2.11. The maximum atomic E-state index is 9.19. The molecule has 18 heavy (non-hydrogen) atoms. The van der Waals surface area contributed by atoms with Crippen molar-refractivity contribution in [3.05, 3.63) is 42.0 Å². The number of hydrogen-bond acceptors (Lipinski definition) is 2. The van der Waals surface area contributed by atoms with Crippen LogP contribution in [0.4, 0.5) is 5.69 Å². The smallest absolute Gasteiger partial charge is 0.0456 e. The van der Waals surface area contributed by atoms with Gasteiger partial charge >= 0.3 is 0 Å². The summed E-state index contributed by atoms with van der Waals surface area (Å²) in [5.41, 5.74) is 3.65. The van der Waals surface area contributed by atoms with E-state index in [0.717, 1.165) is 12.0 Å². The van der Waals surface area contributed by atoms with Crippen molar-refractivity contribution in [2.45, 2.75) is 26.2 Å². The van der Waals surface area contributed by atoms with Gasteiger partial charge in [-0.15, -0.1) is 0 Å². The van der Waals surface area contributed by atoms with Gasteiger partial charge in [0.25, 0.3) is 0 Å². The maximum absolute atomic E-state index is 9.19. The molecule has 1 aromatic carbocycles. The van der Waals surface area contributed by atoms with Crippen LogP contribution in [0.25, 0.3) is 0 Å². The minimum absolute atomic E-state index is 0.236. The Morgan fingerprint density at radius 3 is 2.22 bits per heavy atom. The number of allylic oxidation sites excluding steroid dienone is 1. The summed E-state index contributed by atoms with van der Waals surface area (Å²) < 4.78 is 0. The van der Waals surface area contributed by atoms with Crippen molar-refractivity contribution in [1.82, 2.24) is 0 Å². The van der Waals surface area contributed by atoms with Crippen molar-refractivity contribution in [3.8, 4) is 0 Å². The van der Waals surface area contributed by atoms with Gasteiger partial charge in [-0.25, -0.2) is 0 Å².